The summed E-state index contributed by atoms with van der Waals surface area (Å²) in [5.41, 5.74) is 1.31. The van der Waals surface area contributed by atoms with Crippen LogP contribution in [0.3, 0.4) is 0 Å². The molecule has 0 spiro atoms. The third-order valence-corrected chi connectivity index (χ3v) is 4.35. The molecule has 0 N–H and O–H groups in total. The molecule has 0 unspecified atom stereocenters. The van der Waals surface area contributed by atoms with Gasteiger partial charge >= 0.3 is 0 Å². The number of tetrazole rings is 1. The van der Waals surface area contributed by atoms with Crippen LogP contribution >= 0.6 is 0 Å². The van der Waals surface area contributed by atoms with Gasteiger partial charge in [0, 0.05) is 19.6 Å². The molecule has 3 rings (SSSR count). The lowest BCUT2D eigenvalue weighted by Gasteiger charge is -2.35. The van der Waals surface area contributed by atoms with Gasteiger partial charge in [0.05, 0.1) is 19.3 Å². The van der Waals surface area contributed by atoms with E-state index in [1.807, 2.05) is 10.7 Å². The molecule has 124 valence electrons. The summed E-state index contributed by atoms with van der Waals surface area (Å²) < 4.78 is 7.45. The lowest BCUT2D eigenvalue weighted by atomic mass is 10.0. The van der Waals surface area contributed by atoms with Gasteiger partial charge in [-0.05, 0) is 28.3 Å². The number of benzene rings is 1. The van der Waals surface area contributed by atoms with E-state index in [9.17, 15) is 0 Å². The molecule has 23 heavy (non-hydrogen) atoms. The highest BCUT2D eigenvalue weighted by Crippen LogP contribution is 2.27. The Labute approximate surface area is 137 Å². The van der Waals surface area contributed by atoms with Gasteiger partial charge in [-0.2, -0.15) is 0 Å². The van der Waals surface area contributed by atoms with Crippen molar-refractivity contribution >= 4 is 0 Å². The Morgan fingerprint density at radius 2 is 1.87 bits per heavy atom. The Balaban J connectivity index is 1.74. The summed E-state index contributed by atoms with van der Waals surface area (Å²) in [7, 11) is 0. The summed E-state index contributed by atoms with van der Waals surface area (Å²) in [5.74, 6) is 1.42. The fourth-order valence-corrected chi connectivity index (χ4v) is 3.20. The maximum Gasteiger partial charge on any atom is 0.168 e. The largest absolute Gasteiger partial charge is 0.379 e. The van der Waals surface area contributed by atoms with E-state index >= 15 is 0 Å². The predicted molar refractivity (Wildman–Crippen MR) is 87.9 cm³/mol. The second-order valence-corrected chi connectivity index (χ2v) is 6.33. The highest BCUT2D eigenvalue weighted by Gasteiger charge is 2.29. The molecule has 0 aliphatic carbocycles. The summed E-state index contributed by atoms with van der Waals surface area (Å²) in [6.07, 6.45) is 0.937. The standard InChI is InChI=1S/C17H25N5O/c1-14(2)16(21-10-12-23-13-11-21)17-18-19-20-22(17)9-8-15-6-4-3-5-7-15/h3-7,14,16H,8-13H2,1-2H3/t16-/m0/s1. The van der Waals surface area contributed by atoms with Gasteiger partial charge in [-0.1, -0.05) is 44.2 Å². The quantitative estimate of drug-likeness (QED) is 0.815. The molecule has 0 amide bonds. The molecule has 1 aliphatic heterocycles. The van der Waals surface area contributed by atoms with Crippen LogP contribution in [0.15, 0.2) is 30.3 Å². The molecule has 0 bridgehead atoms. The Hall–Kier alpha value is -1.79. The minimum absolute atomic E-state index is 0.240. The Bertz CT molecular complexity index is 592. The number of hydrogen-bond acceptors (Lipinski definition) is 5. The van der Waals surface area contributed by atoms with Crippen LogP contribution in [0.25, 0.3) is 0 Å². The molecule has 0 radical (unpaired) electrons. The molecule has 1 aliphatic rings. The third kappa shape index (κ3) is 3.95. The van der Waals surface area contributed by atoms with Crippen molar-refractivity contribution in [3.63, 3.8) is 0 Å². The van der Waals surface area contributed by atoms with E-state index in [-0.39, 0.29) is 6.04 Å². The zero-order valence-corrected chi connectivity index (χ0v) is 13.9. The van der Waals surface area contributed by atoms with E-state index in [4.69, 9.17) is 4.74 Å². The molecule has 1 saturated heterocycles. The van der Waals surface area contributed by atoms with E-state index in [1.165, 1.54) is 5.56 Å². The summed E-state index contributed by atoms with van der Waals surface area (Å²) in [4.78, 5) is 2.44. The second-order valence-electron chi connectivity index (χ2n) is 6.33. The fourth-order valence-electron chi connectivity index (χ4n) is 3.20. The highest BCUT2D eigenvalue weighted by atomic mass is 16.5. The zero-order valence-electron chi connectivity index (χ0n) is 13.9. The van der Waals surface area contributed by atoms with Crippen molar-refractivity contribution in [3.05, 3.63) is 41.7 Å². The molecule has 1 atom stereocenters. The van der Waals surface area contributed by atoms with Gasteiger partial charge in [0.2, 0.25) is 0 Å². The molecular formula is C17H25N5O. The normalized spacial score (nSPS) is 17.5. The number of hydrogen-bond donors (Lipinski definition) is 0. The van der Waals surface area contributed by atoms with Crippen molar-refractivity contribution in [1.82, 2.24) is 25.1 Å². The van der Waals surface area contributed by atoms with Crippen LogP contribution < -0.4 is 0 Å². The number of aromatic nitrogens is 4. The average Bonchev–Trinajstić information content (AvgIpc) is 3.03. The molecule has 6 nitrogen and oxygen atoms in total. The molecule has 1 fully saturated rings. The molecule has 2 aromatic rings. The number of morpholine rings is 1. The van der Waals surface area contributed by atoms with Crippen molar-refractivity contribution in [1.29, 1.82) is 0 Å². The summed E-state index contributed by atoms with van der Waals surface area (Å²) in [6.45, 7) is 8.72. The van der Waals surface area contributed by atoms with Gasteiger partial charge in [-0.3, -0.25) is 4.90 Å². The van der Waals surface area contributed by atoms with E-state index < -0.39 is 0 Å². The van der Waals surface area contributed by atoms with Gasteiger partial charge in [0.1, 0.15) is 0 Å². The Morgan fingerprint density at radius 3 is 2.57 bits per heavy atom. The average molecular weight is 315 g/mol. The smallest absolute Gasteiger partial charge is 0.168 e. The second kappa shape index (κ2) is 7.66. The number of nitrogens with zero attached hydrogens (tertiary/aromatic N) is 5. The predicted octanol–water partition coefficient (Wildman–Crippen LogP) is 1.95. The Kier molecular flexibility index (Phi) is 5.35. The van der Waals surface area contributed by atoms with E-state index in [2.05, 4.69) is 58.5 Å². The SMILES string of the molecule is CC(C)[C@@H](c1nnnn1CCc1ccccc1)N1CCOCC1. The molecule has 1 aromatic carbocycles. The number of ether oxygens (including phenoxy) is 1. The van der Waals surface area contributed by atoms with Gasteiger partial charge in [0.15, 0.2) is 5.82 Å². The first-order valence-corrected chi connectivity index (χ1v) is 8.37. The van der Waals surface area contributed by atoms with Crippen LogP contribution in [-0.2, 0) is 17.7 Å². The van der Waals surface area contributed by atoms with Gasteiger partial charge in [0.25, 0.3) is 0 Å². The fraction of sp³-hybridized carbons (Fsp3) is 0.588. The topological polar surface area (TPSA) is 56.1 Å². The van der Waals surface area contributed by atoms with Crippen LogP contribution in [0.5, 0.6) is 0 Å². The van der Waals surface area contributed by atoms with Crippen LogP contribution in [0.1, 0.15) is 31.3 Å². The summed E-state index contributed by atoms with van der Waals surface area (Å²) in [6, 6.07) is 10.7. The third-order valence-electron chi connectivity index (χ3n) is 4.35. The monoisotopic (exact) mass is 315 g/mol. The minimum atomic E-state index is 0.240. The van der Waals surface area contributed by atoms with Crippen molar-refractivity contribution < 1.29 is 4.74 Å². The lowest BCUT2D eigenvalue weighted by Crippen LogP contribution is -2.42. The molecule has 1 aromatic heterocycles. The molecule has 6 heteroatoms. The van der Waals surface area contributed by atoms with Gasteiger partial charge in [-0.25, -0.2) is 4.68 Å². The van der Waals surface area contributed by atoms with Gasteiger partial charge < -0.3 is 4.74 Å². The first kappa shape index (κ1) is 16.1. The van der Waals surface area contributed by atoms with Crippen LogP contribution in [-0.4, -0.2) is 51.4 Å². The number of aryl methyl sites for hydroxylation is 2. The van der Waals surface area contributed by atoms with Crippen molar-refractivity contribution in [2.75, 3.05) is 26.3 Å². The van der Waals surface area contributed by atoms with Crippen molar-refractivity contribution in [3.8, 4) is 0 Å². The first-order valence-electron chi connectivity index (χ1n) is 8.37. The first-order chi connectivity index (χ1) is 11.3. The van der Waals surface area contributed by atoms with Crippen molar-refractivity contribution in [2.24, 2.45) is 5.92 Å². The van der Waals surface area contributed by atoms with E-state index in [0.717, 1.165) is 45.1 Å². The maximum absolute atomic E-state index is 5.48. The Morgan fingerprint density at radius 1 is 1.13 bits per heavy atom. The number of rotatable bonds is 6. The van der Waals surface area contributed by atoms with Gasteiger partial charge in [-0.15, -0.1) is 5.10 Å². The van der Waals surface area contributed by atoms with E-state index in [1.54, 1.807) is 0 Å². The summed E-state index contributed by atoms with van der Waals surface area (Å²) >= 11 is 0. The highest BCUT2D eigenvalue weighted by molar-refractivity contribution is 5.14. The maximum atomic E-state index is 5.48. The lowest BCUT2D eigenvalue weighted by molar-refractivity contribution is 0.00224. The van der Waals surface area contributed by atoms with Crippen LogP contribution in [0.4, 0.5) is 0 Å². The van der Waals surface area contributed by atoms with Crippen LogP contribution in [0, 0.1) is 5.92 Å². The molecular weight excluding hydrogens is 290 g/mol. The minimum Gasteiger partial charge on any atom is -0.379 e. The zero-order chi connectivity index (χ0) is 16.1. The summed E-state index contributed by atoms with van der Waals surface area (Å²) in [5, 5.41) is 12.5. The van der Waals surface area contributed by atoms with Crippen LogP contribution in [0.2, 0.25) is 0 Å². The van der Waals surface area contributed by atoms with E-state index in [0.29, 0.717) is 5.92 Å². The molecule has 0 saturated carbocycles. The van der Waals surface area contributed by atoms with Crippen molar-refractivity contribution in [2.45, 2.75) is 32.9 Å². The molecule has 2 heterocycles.